The first kappa shape index (κ1) is 15.8. The molecule has 1 saturated heterocycles. The van der Waals surface area contributed by atoms with Gasteiger partial charge in [-0.3, -0.25) is 16.1 Å². The number of hydrogen-bond acceptors (Lipinski definition) is 6. The third kappa shape index (κ3) is 2.87. The topological polar surface area (TPSA) is 91.7 Å². The molecular weight excluding hydrogens is 307 g/mol. The summed E-state index contributed by atoms with van der Waals surface area (Å²) in [7, 11) is 0. The Morgan fingerprint density at radius 1 is 1.21 bits per heavy atom. The standard InChI is InChI=1S/C17H25FN6/c18-14-7-8-24(10-14)15-5-2-11-1-4-13(9-12(11)3-6-15)17(20)21-16(19)22-23-17/h1,4,9,14-15,23H,2-3,5-8,10,20H2,(H3,19,21,22)/t14-,15?,17?/m0/s1. The van der Waals surface area contributed by atoms with Crippen LogP contribution in [0.1, 0.15) is 36.0 Å². The Bertz CT molecular complexity index is 662. The van der Waals surface area contributed by atoms with E-state index in [-0.39, 0.29) is 0 Å². The zero-order valence-electron chi connectivity index (χ0n) is 13.8. The number of nitrogens with zero attached hydrogens (tertiary/aromatic N) is 2. The molecule has 7 heteroatoms. The van der Waals surface area contributed by atoms with Crippen molar-refractivity contribution in [1.82, 2.24) is 15.8 Å². The van der Waals surface area contributed by atoms with Crippen molar-refractivity contribution in [3.05, 3.63) is 34.9 Å². The lowest BCUT2D eigenvalue weighted by molar-refractivity contribution is 0.204. The molecule has 6 N–H and O–H groups in total. The SMILES string of the molecule is NC1=NC(N)(c2ccc3c(c2)CCC(N2CC[C@H](F)C2)CC3)NN1. The van der Waals surface area contributed by atoms with Gasteiger partial charge in [0.1, 0.15) is 6.17 Å². The zero-order valence-corrected chi connectivity index (χ0v) is 13.8. The highest BCUT2D eigenvalue weighted by Crippen LogP contribution is 2.29. The summed E-state index contributed by atoms with van der Waals surface area (Å²) < 4.78 is 13.5. The number of hydrogen-bond donors (Lipinski definition) is 4. The fraction of sp³-hybridized carbons (Fsp3) is 0.588. The van der Waals surface area contributed by atoms with Crippen LogP contribution in [0.3, 0.4) is 0 Å². The van der Waals surface area contributed by atoms with Crippen LogP contribution in [-0.4, -0.2) is 36.2 Å². The number of halogens is 1. The monoisotopic (exact) mass is 332 g/mol. The molecule has 24 heavy (non-hydrogen) atoms. The molecule has 1 aliphatic carbocycles. The summed E-state index contributed by atoms with van der Waals surface area (Å²) >= 11 is 0. The fourth-order valence-electron chi connectivity index (χ4n) is 4.11. The number of aryl methyl sites for hydroxylation is 2. The summed E-state index contributed by atoms with van der Waals surface area (Å²) in [6.45, 7) is 1.49. The molecule has 0 radical (unpaired) electrons. The Kier molecular flexibility index (Phi) is 3.94. The normalized spacial score (nSPS) is 33.7. The summed E-state index contributed by atoms with van der Waals surface area (Å²) in [5.74, 6) is -0.719. The van der Waals surface area contributed by atoms with E-state index in [1.165, 1.54) is 11.1 Å². The molecule has 4 rings (SSSR count). The van der Waals surface area contributed by atoms with Gasteiger partial charge in [0.25, 0.3) is 0 Å². The quantitative estimate of drug-likeness (QED) is 0.591. The third-order valence-electron chi connectivity index (χ3n) is 5.50. The average molecular weight is 332 g/mol. The van der Waals surface area contributed by atoms with E-state index < -0.39 is 12.0 Å². The zero-order chi connectivity index (χ0) is 16.7. The largest absolute Gasteiger partial charge is 0.369 e. The number of likely N-dealkylation sites (tertiary alicyclic amines) is 1. The Hall–Kier alpha value is -1.70. The van der Waals surface area contributed by atoms with E-state index in [0.29, 0.717) is 25.0 Å². The lowest BCUT2D eigenvalue weighted by atomic mass is 9.97. The van der Waals surface area contributed by atoms with Crippen LogP contribution in [0.4, 0.5) is 4.39 Å². The Balaban J connectivity index is 1.52. The van der Waals surface area contributed by atoms with E-state index in [1.54, 1.807) is 0 Å². The molecule has 3 aliphatic rings. The lowest BCUT2D eigenvalue weighted by Gasteiger charge is -2.25. The second-order valence-corrected chi connectivity index (χ2v) is 7.11. The fourth-order valence-corrected chi connectivity index (χ4v) is 4.11. The molecule has 130 valence electrons. The number of benzene rings is 1. The van der Waals surface area contributed by atoms with Crippen molar-refractivity contribution in [1.29, 1.82) is 0 Å². The highest BCUT2D eigenvalue weighted by Gasteiger charge is 2.33. The number of guanidine groups is 1. The molecule has 0 aromatic heterocycles. The second-order valence-electron chi connectivity index (χ2n) is 7.11. The maximum atomic E-state index is 13.5. The minimum absolute atomic E-state index is 0.294. The molecule has 3 atom stereocenters. The number of nitrogens with two attached hydrogens (primary N) is 2. The Morgan fingerprint density at radius 2 is 2.00 bits per heavy atom. The summed E-state index contributed by atoms with van der Waals surface area (Å²) in [6, 6.07) is 6.78. The maximum Gasteiger partial charge on any atom is 0.209 e. The van der Waals surface area contributed by atoms with E-state index in [1.807, 2.05) is 6.07 Å². The molecule has 1 aromatic rings. The predicted molar refractivity (Wildman–Crippen MR) is 91.7 cm³/mol. The van der Waals surface area contributed by atoms with Crippen LogP contribution < -0.4 is 22.3 Å². The highest BCUT2D eigenvalue weighted by molar-refractivity contribution is 5.79. The molecule has 0 spiro atoms. The van der Waals surface area contributed by atoms with Gasteiger partial charge < -0.3 is 5.73 Å². The molecular formula is C17H25FN6. The second kappa shape index (κ2) is 5.98. The van der Waals surface area contributed by atoms with E-state index in [2.05, 4.69) is 32.9 Å². The van der Waals surface area contributed by atoms with Crippen LogP contribution >= 0.6 is 0 Å². The summed E-state index contributed by atoms with van der Waals surface area (Å²) in [5, 5.41) is 0. The lowest BCUT2D eigenvalue weighted by Crippen LogP contribution is -2.50. The molecule has 0 amide bonds. The molecule has 2 heterocycles. The predicted octanol–water partition coefficient (Wildman–Crippen LogP) is 0.469. The summed E-state index contributed by atoms with van der Waals surface area (Å²) in [4.78, 5) is 6.58. The minimum atomic E-state index is -1.01. The number of hydrazine groups is 1. The molecule has 0 bridgehead atoms. The van der Waals surface area contributed by atoms with E-state index in [0.717, 1.165) is 37.8 Å². The van der Waals surface area contributed by atoms with Gasteiger partial charge in [-0.15, -0.1) is 0 Å². The van der Waals surface area contributed by atoms with Gasteiger partial charge in [0.15, 0.2) is 0 Å². The molecule has 1 aromatic carbocycles. The van der Waals surface area contributed by atoms with Gasteiger partial charge in [-0.1, -0.05) is 18.2 Å². The Morgan fingerprint density at radius 3 is 2.67 bits per heavy atom. The summed E-state index contributed by atoms with van der Waals surface area (Å²) in [5.41, 5.74) is 21.2. The van der Waals surface area contributed by atoms with Crippen molar-refractivity contribution in [3.8, 4) is 0 Å². The van der Waals surface area contributed by atoms with Crippen molar-refractivity contribution in [2.45, 2.75) is 50.1 Å². The highest BCUT2D eigenvalue weighted by atomic mass is 19.1. The molecule has 2 unspecified atom stereocenters. The van der Waals surface area contributed by atoms with E-state index in [9.17, 15) is 4.39 Å². The Labute approximate surface area is 141 Å². The molecule has 2 aliphatic heterocycles. The molecule has 6 nitrogen and oxygen atoms in total. The van der Waals surface area contributed by atoms with Gasteiger partial charge in [-0.25, -0.2) is 9.38 Å². The van der Waals surface area contributed by atoms with Crippen LogP contribution in [0.5, 0.6) is 0 Å². The first-order valence-corrected chi connectivity index (χ1v) is 8.71. The van der Waals surface area contributed by atoms with Gasteiger partial charge in [0, 0.05) is 24.7 Å². The van der Waals surface area contributed by atoms with Gasteiger partial charge >= 0.3 is 0 Å². The first-order valence-electron chi connectivity index (χ1n) is 8.71. The number of alkyl halides is 1. The minimum Gasteiger partial charge on any atom is -0.369 e. The number of rotatable bonds is 2. The van der Waals surface area contributed by atoms with Crippen molar-refractivity contribution in [3.63, 3.8) is 0 Å². The van der Waals surface area contributed by atoms with Gasteiger partial charge in [0.05, 0.1) is 0 Å². The third-order valence-corrected chi connectivity index (χ3v) is 5.50. The summed E-state index contributed by atoms with van der Waals surface area (Å²) in [6.07, 6.45) is 4.21. The molecule has 0 saturated carbocycles. The van der Waals surface area contributed by atoms with Crippen molar-refractivity contribution < 1.29 is 4.39 Å². The van der Waals surface area contributed by atoms with Crippen LogP contribution in [0.25, 0.3) is 0 Å². The van der Waals surface area contributed by atoms with Gasteiger partial charge in [0.2, 0.25) is 11.7 Å². The van der Waals surface area contributed by atoms with Crippen molar-refractivity contribution in [2.24, 2.45) is 16.5 Å². The van der Waals surface area contributed by atoms with Gasteiger partial charge in [-0.05, 0) is 43.2 Å². The van der Waals surface area contributed by atoms with Crippen LogP contribution in [-0.2, 0) is 18.6 Å². The van der Waals surface area contributed by atoms with Crippen LogP contribution in [0.2, 0.25) is 0 Å². The smallest absolute Gasteiger partial charge is 0.209 e. The van der Waals surface area contributed by atoms with E-state index in [4.69, 9.17) is 11.5 Å². The first-order chi connectivity index (χ1) is 11.5. The van der Waals surface area contributed by atoms with Crippen LogP contribution in [0, 0.1) is 0 Å². The number of aliphatic imine (C=N–C) groups is 1. The molecule has 1 fully saturated rings. The van der Waals surface area contributed by atoms with E-state index >= 15 is 0 Å². The average Bonchev–Trinajstić information content (AvgIpc) is 3.07. The van der Waals surface area contributed by atoms with Crippen LogP contribution in [0.15, 0.2) is 23.2 Å². The van der Waals surface area contributed by atoms with Crippen molar-refractivity contribution >= 4 is 5.96 Å². The number of fused-ring (bicyclic) bond motifs is 1. The van der Waals surface area contributed by atoms with Gasteiger partial charge in [-0.2, -0.15) is 5.43 Å². The maximum absolute atomic E-state index is 13.5. The van der Waals surface area contributed by atoms with Crippen molar-refractivity contribution in [2.75, 3.05) is 13.1 Å². The number of nitrogens with one attached hydrogen (secondary N) is 2.